The summed E-state index contributed by atoms with van der Waals surface area (Å²) in [6.45, 7) is 7.60. The maximum Gasteiger partial charge on any atom is 0.308 e. The predicted molar refractivity (Wildman–Crippen MR) is 72.3 cm³/mol. The van der Waals surface area contributed by atoms with Crippen LogP contribution in [0.2, 0.25) is 19.1 Å². The molecule has 0 saturated carbocycles. The Kier molecular flexibility index (Phi) is 4.78. The van der Waals surface area contributed by atoms with Crippen LogP contribution in [0.4, 0.5) is 0 Å². The molecule has 1 heterocycles. The summed E-state index contributed by atoms with van der Waals surface area (Å²) >= 11 is 0. The van der Waals surface area contributed by atoms with E-state index in [2.05, 4.69) is 23.6 Å². The number of hydrogen-bond donors (Lipinski definition) is 1. The van der Waals surface area contributed by atoms with Crippen LogP contribution in [0, 0.1) is 18.3 Å². The van der Waals surface area contributed by atoms with Crippen molar-refractivity contribution in [3.05, 3.63) is 0 Å². The number of carbonyl (C=O) groups is 1. The molecule has 17 heavy (non-hydrogen) atoms. The summed E-state index contributed by atoms with van der Waals surface area (Å²) in [5, 5.41) is 9.32. The fraction of sp³-hybridized carbons (Fsp3) is 0.769. The molecule has 0 amide bonds. The summed E-state index contributed by atoms with van der Waals surface area (Å²) in [6, 6.07) is 1.29. The second-order valence-corrected chi connectivity index (χ2v) is 10.1. The molecule has 1 aliphatic heterocycles. The minimum absolute atomic E-state index is 0.0340. The third kappa shape index (κ3) is 3.11. The lowest BCUT2D eigenvalue weighted by Gasteiger charge is -2.39. The highest BCUT2D eigenvalue weighted by Gasteiger charge is 2.42. The smallest absolute Gasteiger partial charge is 0.308 e. The number of nitrogens with zero attached hydrogens (tertiary/aromatic N) is 1. The molecule has 1 N–H and O–H groups in total. The molecule has 3 nitrogen and oxygen atoms in total. The van der Waals surface area contributed by atoms with Crippen molar-refractivity contribution in [1.29, 1.82) is 0 Å². The monoisotopic (exact) mass is 253 g/mol. The van der Waals surface area contributed by atoms with Gasteiger partial charge in [-0.2, -0.15) is 0 Å². The van der Waals surface area contributed by atoms with Gasteiger partial charge < -0.3 is 9.67 Å². The van der Waals surface area contributed by atoms with Crippen LogP contribution in [0.3, 0.4) is 0 Å². The molecular formula is C13H23NO2Si. The first kappa shape index (κ1) is 14.3. The van der Waals surface area contributed by atoms with Gasteiger partial charge >= 0.3 is 5.97 Å². The van der Waals surface area contributed by atoms with Crippen LogP contribution in [-0.4, -0.2) is 36.5 Å². The van der Waals surface area contributed by atoms with Crippen molar-refractivity contribution >= 4 is 14.2 Å². The van der Waals surface area contributed by atoms with Crippen molar-refractivity contribution in [1.82, 2.24) is 4.57 Å². The van der Waals surface area contributed by atoms with Crippen LogP contribution in [-0.2, 0) is 4.79 Å². The molecule has 0 bridgehead atoms. The Balaban J connectivity index is 2.92. The van der Waals surface area contributed by atoms with Gasteiger partial charge in [0.2, 0.25) is 0 Å². The van der Waals surface area contributed by atoms with E-state index in [0.29, 0.717) is 12.8 Å². The third-order valence-electron chi connectivity index (χ3n) is 3.91. The summed E-state index contributed by atoms with van der Waals surface area (Å²) in [5.41, 5.74) is 0. The van der Waals surface area contributed by atoms with E-state index in [1.165, 1.54) is 12.5 Å². The van der Waals surface area contributed by atoms with Gasteiger partial charge in [-0.1, -0.05) is 20.0 Å². The summed E-state index contributed by atoms with van der Waals surface area (Å²) < 4.78 is 2.44. The summed E-state index contributed by atoms with van der Waals surface area (Å²) in [4.78, 5) is 11.3. The van der Waals surface area contributed by atoms with E-state index in [9.17, 15) is 9.90 Å². The van der Waals surface area contributed by atoms with Crippen LogP contribution < -0.4 is 0 Å². The fourth-order valence-electron chi connectivity index (χ4n) is 2.94. The normalized spacial score (nSPS) is 22.9. The molecule has 0 spiro atoms. The molecule has 1 saturated heterocycles. The van der Waals surface area contributed by atoms with E-state index < -0.39 is 14.2 Å². The molecule has 1 aliphatic rings. The van der Waals surface area contributed by atoms with Gasteiger partial charge in [0.1, 0.15) is 8.24 Å². The molecule has 2 atom stereocenters. The second kappa shape index (κ2) is 5.70. The molecule has 1 fully saturated rings. The van der Waals surface area contributed by atoms with Crippen LogP contribution in [0.5, 0.6) is 0 Å². The van der Waals surface area contributed by atoms with Crippen molar-refractivity contribution in [3.63, 3.8) is 0 Å². The highest BCUT2D eigenvalue weighted by molar-refractivity contribution is 6.75. The SMILES string of the molecule is C#CCC(C(CC)C(=O)O)N1CCC[Si]1(C)C. The number of carboxylic acid groups (broad SMARTS) is 1. The van der Waals surface area contributed by atoms with E-state index in [4.69, 9.17) is 6.42 Å². The zero-order valence-corrected chi connectivity index (χ0v) is 12.1. The van der Waals surface area contributed by atoms with Crippen LogP contribution >= 0.6 is 0 Å². The molecule has 0 aromatic heterocycles. The predicted octanol–water partition coefficient (Wildman–Crippen LogP) is 2.40. The first-order chi connectivity index (χ1) is 7.94. The average Bonchev–Trinajstić information content (AvgIpc) is 2.57. The van der Waals surface area contributed by atoms with Crippen LogP contribution in [0.15, 0.2) is 0 Å². The first-order valence-electron chi connectivity index (χ1n) is 6.37. The molecule has 0 aromatic carbocycles. The standard InChI is InChI=1S/C13H23NO2Si/c1-5-8-12(11(6-2)13(15)16)14-9-7-10-17(14,3)4/h1,11-12H,6-10H2,2-4H3,(H,15,16). The van der Waals surface area contributed by atoms with Crippen LogP contribution in [0.1, 0.15) is 26.2 Å². The van der Waals surface area contributed by atoms with Crippen molar-refractivity contribution in [2.75, 3.05) is 6.54 Å². The van der Waals surface area contributed by atoms with Crippen molar-refractivity contribution < 1.29 is 9.90 Å². The highest BCUT2D eigenvalue weighted by atomic mass is 28.3. The lowest BCUT2D eigenvalue weighted by molar-refractivity contribution is -0.143. The first-order valence-corrected chi connectivity index (χ1v) is 9.52. The molecule has 0 aromatic rings. The molecular weight excluding hydrogens is 230 g/mol. The second-order valence-electron chi connectivity index (χ2n) is 5.44. The minimum Gasteiger partial charge on any atom is -0.481 e. The van der Waals surface area contributed by atoms with E-state index in [0.717, 1.165) is 6.54 Å². The van der Waals surface area contributed by atoms with Crippen molar-refractivity contribution in [2.45, 2.75) is 51.4 Å². The molecule has 4 heteroatoms. The molecule has 2 unspecified atom stereocenters. The van der Waals surface area contributed by atoms with Gasteiger partial charge in [-0.05, 0) is 25.4 Å². The number of terminal acetylenes is 1. The number of rotatable bonds is 5. The summed E-state index contributed by atoms with van der Waals surface area (Å²) in [7, 11) is -1.42. The number of carboxylic acids is 1. The van der Waals surface area contributed by atoms with Crippen molar-refractivity contribution in [3.8, 4) is 12.3 Å². The largest absolute Gasteiger partial charge is 0.481 e. The Bertz CT molecular complexity index is 322. The van der Waals surface area contributed by atoms with Gasteiger partial charge in [-0.25, -0.2) is 0 Å². The van der Waals surface area contributed by atoms with Crippen molar-refractivity contribution in [2.24, 2.45) is 5.92 Å². The zero-order valence-electron chi connectivity index (χ0n) is 11.1. The van der Waals surface area contributed by atoms with Gasteiger partial charge in [0.15, 0.2) is 0 Å². The topological polar surface area (TPSA) is 40.5 Å². The lowest BCUT2D eigenvalue weighted by Crippen LogP contribution is -2.53. The summed E-state index contributed by atoms with van der Waals surface area (Å²) in [6.07, 6.45) is 7.83. The van der Waals surface area contributed by atoms with Gasteiger partial charge in [0, 0.05) is 12.5 Å². The lowest BCUT2D eigenvalue weighted by atomic mass is 9.94. The number of aliphatic carboxylic acids is 1. The summed E-state index contributed by atoms with van der Waals surface area (Å²) in [5.74, 6) is 1.64. The maximum absolute atomic E-state index is 11.3. The third-order valence-corrected chi connectivity index (χ3v) is 7.60. The quantitative estimate of drug-likeness (QED) is 0.604. The minimum atomic E-state index is -1.42. The van der Waals surface area contributed by atoms with Gasteiger partial charge in [0.05, 0.1) is 5.92 Å². The van der Waals surface area contributed by atoms with E-state index in [-0.39, 0.29) is 12.0 Å². The molecule has 96 valence electrons. The Morgan fingerprint density at radius 3 is 2.59 bits per heavy atom. The zero-order chi connectivity index (χ0) is 13.1. The van der Waals surface area contributed by atoms with E-state index in [1.54, 1.807) is 0 Å². The Labute approximate surface area is 105 Å². The molecule has 1 rings (SSSR count). The average molecular weight is 253 g/mol. The van der Waals surface area contributed by atoms with Gasteiger partial charge in [0.25, 0.3) is 0 Å². The van der Waals surface area contributed by atoms with Crippen LogP contribution in [0.25, 0.3) is 0 Å². The Hall–Kier alpha value is -0.793. The van der Waals surface area contributed by atoms with E-state index >= 15 is 0 Å². The maximum atomic E-state index is 11.3. The molecule has 0 aliphatic carbocycles. The number of hydrogen-bond acceptors (Lipinski definition) is 2. The van der Waals surface area contributed by atoms with Gasteiger partial charge in [-0.15, -0.1) is 12.3 Å². The fourth-order valence-corrected chi connectivity index (χ4v) is 6.19. The highest BCUT2D eigenvalue weighted by Crippen LogP contribution is 2.32. The van der Waals surface area contributed by atoms with E-state index in [1.807, 2.05) is 6.92 Å². The Morgan fingerprint density at radius 2 is 2.24 bits per heavy atom. The molecule has 0 radical (unpaired) electrons. The van der Waals surface area contributed by atoms with Gasteiger partial charge in [-0.3, -0.25) is 4.79 Å². The Morgan fingerprint density at radius 1 is 1.59 bits per heavy atom.